The number of carbonyl (C=O) groups is 1. The highest BCUT2D eigenvalue weighted by Crippen LogP contribution is 2.23. The summed E-state index contributed by atoms with van der Waals surface area (Å²) in [6, 6.07) is -0.838. The van der Waals surface area contributed by atoms with Gasteiger partial charge in [0.15, 0.2) is 6.29 Å². The maximum Gasteiger partial charge on any atom is 0.220 e. The van der Waals surface area contributed by atoms with Crippen LogP contribution in [0.15, 0.2) is 109 Å². The molecule has 0 aliphatic carbocycles. The van der Waals surface area contributed by atoms with Crippen molar-refractivity contribution >= 4 is 5.91 Å². The first-order chi connectivity index (χ1) is 38.8. The van der Waals surface area contributed by atoms with Crippen LogP contribution < -0.4 is 5.32 Å². The lowest BCUT2D eigenvalue weighted by atomic mass is 9.99. The number of hydrogen-bond donors (Lipinski definition) is 6. The van der Waals surface area contributed by atoms with Gasteiger partial charge in [-0.25, -0.2) is 0 Å². The Morgan fingerprint density at radius 2 is 0.785 bits per heavy atom. The average molecular weight is 1100 g/mol. The van der Waals surface area contributed by atoms with Gasteiger partial charge in [0.2, 0.25) is 5.91 Å². The minimum atomic E-state index is -1.58. The van der Waals surface area contributed by atoms with Crippen molar-refractivity contribution in [2.24, 2.45) is 0 Å². The Morgan fingerprint density at radius 1 is 0.443 bits per heavy atom. The Labute approximate surface area is 485 Å². The van der Waals surface area contributed by atoms with Gasteiger partial charge in [-0.15, -0.1) is 0 Å². The molecule has 9 nitrogen and oxygen atoms in total. The number of unbranched alkanes of at least 4 members (excludes halogenated alkanes) is 29. The van der Waals surface area contributed by atoms with E-state index in [1.807, 2.05) is 6.08 Å². The predicted octanol–water partition coefficient (Wildman–Crippen LogP) is 17.3. The van der Waals surface area contributed by atoms with Gasteiger partial charge < -0.3 is 40.3 Å². The number of aliphatic hydroxyl groups is 5. The summed E-state index contributed by atoms with van der Waals surface area (Å²) in [4.78, 5) is 13.1. The van der Waals surface area contributed by atoms with Crippen molar-refractivity contribution in [1.82, 2.24) is 5.32 Å². The topological polar surface area (TPSA) is 149 Å². The molecule has 1 heterocycles. The third kappa shape index (κ3) is 47.1. The lowest BCUT2D eigenvalue weighted by Crippen LogP contribution is -2.60. The number of ether oxygens (including phenoxy) is 2. The summed E-state index contributed by atoms with van der Waals surface area (Å²) in [6.07, 6.45) is 78.9. The number of allylic oxidation sites excluding steroid dienone is 17. The van der Waals surface area contributed by atoms with Gasteiger partial charge in [-0.1, -0.05) is 290 Å². The number of nitrogens with one attached hydrogen (secondary N) is 1. The van der Waals surface area contributed by atoms with Gasteiger partial charge in [-0.3, -0.25) is 4.79 Å². The molecular weight excluding hydrogens is 983 g/mol. The molecule has 1 fully saturated rings. The number of aliphatic hydroxyl groups excluding tert-OH is 5. The molecule has 7 unspecified atom stereocenters. The Kier molecular flexibility index (Phi) is 54.3. The van der Waals surface area contributed by atoms with Crippen LogP contribution in [0.5, 0.6) is 0 Å². The van der Waals surface area contributed by atoms with E-state index in [0.717, 1.165) is 83.5 Å². The van der Waals surface area contributed by atoms with Crippen LogP contribution in [-0.2, 0) is 14.3 Å². The number of amides is 1. The zero-order valence-electron chi connectivity index (χ0n) is 50.6. The molecule has 0 saturated carbocycles. The van der Waals surface area contributed by atoms with E-state index < -0.39 is 49.5 Å². The number of hydrogen-bond acceptors (Lipinski definition) is 8. The summed E-state index contributed by atoms with van der Waals surface area (Å²) in [5.41, 5.74) is 0. The standard InChI is InChI=1S/C70H121NO8/c1-3-5-7-9-11-13-15-17-19-21-23-25-27-29-31-32-34-35-37-39-41-43-45-47-49-51-53-55-57-59-64(73)63(62-78-70-69(77)68(76)67(75)65(61-72)79-70)71-66(74)60-58-56-54-52-50-48-46-44-42-40-38-36-33-30-28-26-24-22-20-18-16-14-12-10-8-6-4-2/h6,8,12,14,18,20,24,26,30,33,38,40,44,46,50,52,57,59,63-65,67-70,72-73,75-77H,3-5,7,9-11,13,15-17,19,21-23,25,27-29,31-32,34-37,39,41-43,45,47-49,51,53-56,58,60-62H2,1-2H3,(H,71,74)/b8-6-,14-12-,20-18-,26-24-,33-30-,40-38-,46-44-,52-50-,59-57+. The van der Waals surface area contributed by atoms with E-state index in [1.165, 1.54) is 161 Å². The van der Waals surface area contributed by atoms with Crippen molar-refractivity contribution < 1.29 is 39.8 Å². The Balaban J connectivity index is 2.23. The second-order valence-electron chi connectivity index (χ2n) is 22.2. The van der Waals surface area contributed by atoms with Gasteiger partial charge in [-0.05, 0) is 83.5 Å². The molecule has 0 aromatic rings. The first-order valence-electron chi connectivity index (χ1n) is 32.6. The normalized spacial score (nSPS) is 19.3. The molecule has 0 spiro atoms. The summed E-state index contributed by atoms with van der Waals surface area (Å²) in [6.45, 7) is 3.66. The van der Waals surface area contributed by atoms with Crippen LogP contribution in [0.2, 0.25) is 0 Å². The van der Waals surface area contributed by atoms with Crippen LogP contribution in [0.3, 0.4) is 0 Å². The number of carbonyl (C=O) groups excluding carboxylic acids is 1. The van der Waals surface area contributed by atoms with E-state index in [9.17, 15) is 30.3 Å². The molecule has 1 rings (SSSR count). The maximum absolute atomic E-state index is 13.1. The average Bonchev–Trinajstić information content (AvgIpc) is 3.47. The van der Waals surface area contributed by atoms with E-state index in [0.29, 0.717) is 6.42 Å². The molecule has 1 aliphatic heterocycles. The van der Waals surface area contributed by atoms with Crippen LogP contribution in [0.1, 0.15) is 271 Å². The second kappa shape index (κ2) is 58.1. The Bertz CT molecular complexity index is 1610. The molecule has 454 valence electrons. The molecule has 79 heavy (non-hydrogen) atoms. The molecule has 1 amide bonds. The van der Waals surface area contributed by atoms with Gasteiger partial charge in [0.05, 0.1) is 25.4 Å². The van der Waals surface area contributed by atoms with Crippen molar-refractivity contribution in [1.29, 1.82) is 0 Å². The molecule has 1 aliphatic rings. The molecule has 0 aromatic carbocycles. The van der Waals surface area contributed by atoms with Gasteiger partial charge in [0.1, 0.15) is 24.4 Å². The lowest BCUT2D eigenvalue weighted by Gasteiger charge is -2.40. The second-order valence-corrected chi connectivity index (χ2v) is 22.2. The summed E-state index contributed by atoms with van der Waals surface area (Å²) >= 11 is 0. The van der Waals surface area contributed by atoms with E-state index in [2.05, 4.69) is 116 Å². The van der Waals surface area contributed by atoms with Crippen LogP contribution >= 0.6 is 0 Å². The summed E-state index contributed by atoms with van der Waals surface area (Å²) < 4.78 is 11.3. The molecule has 0 bridgehead atoms. The minimum Gasteiger partial charge on any atom is -0.394 e. The molecule has 6 N–H and O–H groups in total. The van der Waals surface area contributed by atoms with Crippen molar-refractivity contribution in [3.8, 4) is 0 Å². The fourth-order valence-electron chi connectivity index (χ4n) is 9.76. The quantitative estimate of drug-likeness (QED) is 0.0261. The summed E-state index contributed by atoms with van der Waals surface area (Å²) in [5.74, 6) is -0.221. The fourth-order valence-corrected chi connectivity index (χ4v) is 9.76. The SMILES string of the molecule is CC/C=C\C/C=C\C/C=C\C/C=C\C/C=C\C/C=C\C/C=C\C/C=C\CCCCC(=O)NC(COC1OC(CO)C(O)C(O)C1O)C(O)/C=C/CCCCCCCCCCCCCCCCCCCCCCCCCCCCC. The summed E-state index contributed by atoms with van der Waals surface area (Å²) in [7, 11) is 0. The lowest BCUT2D eigenvalue weighted by molar-refractivity contribution is -0.302. The van der Waals surface area contributed by atoms with Gasteiger partial charge in [0, 0.05) is 6.42 Å². The Morgan fingerprint density at radius 3 is 1.16 bits per heavy atom. The third-order valence-corrected chi connectivity index (χ3v) is 14.9. The zero-order valence-corrected chi connectivity index (χ0v) is 50.6. The third-order valence-electron chi connectivity index (χ3n) is 14.9. The highest BCUT2D eigenvalue weighted by molar-refractivity contribution is 5.76. The first kappa shape index (κ1) is 73.9. The van der Waals surface area contributed by atoms with E-state index in [1.54, 1.807) is 6.08 Å². The molecule has 1 saturated heterocycles. The molecular formula is C70H121NO8. The highest BCUT2D eigenvalue weighted by Gasteiger charge is 2.44. The first-order valence-corrected chi connectivity index (χ1v) is 32.6. The van der Waals surface area contributed by atoms with Crippen molar-refractivity contribution in [3.05, 3.63) is 109 Å². The Hall–Kier alpha value is -3.15. The van der Waals surface area contributed by atoms with E-state index in [-0.39, 0.29) is 18.9 Å². The van der Waals surface area contributed by atoms with Crippen LogP contribution in [0.4, 0.5) is 0 Å². The molecule has 0 radical (unpaired) electrons. The molecule has 9 heteroatoms. The largest absolute Gasteiger partial charge is 0.394 e. The van der Waals surface area contributed by atoms with Crippen molar-refractivity contribution in [3.63, 3.8) is 0 Å². The van der Waals surface area contributed by atoms with Crippen LogP contribution in [0.25, 0.3) is 0 Å². The van der Waals surface area contributed by atoms with Crippen molar-refractivity contribution in [2.75, 3.05) is 13.2 Å². The smallest absolute Gasteiger partial charge is 0.220 e. The van der Waals surface area contributed by atoms with Gasteiger partial charge in [-0.2, -0.15) is 0 Å². The van der Waals surface area contributed by atoms with E-state index >= 15 is 0 Å². The van der Waals surface area contributed by atoms with Gasteiger partial charge >= 0.3 is 0 Å². The van der Waals surface area contributed by atoms with Crippen LogP contribution in [0, 0.1) is 0 Å². The van der Waals surface area contributed by atoms with Crippen LogP contribution in [-0.4, -0.2) is 87.5 Å². The highest BCUT2D eigenvalue weighted by atomic mass is 16.7. The van der Waals surface area contributed by atoms with E-state index in [4.69, 9.17) is 9.47 Å². The van der Waals surface area contributed by atoms with Crippen molar-refractivity contribution in [2.45, 2.75) is 314 Å². The minimum absolute atomic E-state index is 0.212. The maximum atomic E-state index is 13.1. The summed E-state index contributed by atoms with van der Waals surface area (Å²) in [5, 5.41) is 54.6. The molecule has 0 aromatic heterocycles. The van der Waals surface area contributed by atoms with Gasteiger partial charge in [0.25, 0.3) is 0 Å². The fraction of sp³-hybridized carbons (Fsp3) is 0.729. The zero-order chi connectivity index (χ0) is 57.2. The molecule has 7 atom stereocenters. The monoisotopic (exact) mass is 1100 g/mol. The predicted molar refractivity (Wildman–Crippen MR) is 336 cm³/mol. The number of rotatable bonds is 55.